The first-order valence-electron chi connectivity index (χ1n) is 5.87. The molecule has 2 aromatic rings. The Morgan fingerprint density at radius 2 is 1.52 bits per heavy atom. The summed E-state index contributed by atoms with van der Waals surface area (Å²) in [6.45, 7) is 0. The van der Waals surface area contributed by atoms with Gasteiger partial charge in [-0.15, -0.1) is 0 Å². The van der Waals surface area contributed by atoms with Crippen LogP contribution in [0.1, 0.15) is 0 Å². The zero-order valence-electron chi connectivity index (χ0n) is 11.3. The fourth-order valence-corrected chi connectivity index (χ4v) is 3.40. The Labute approximate surface area is 137 Å². The second-order valence-corrected chi connectivity index (χ2v) is 6.65. The molecule has 0 saturated carbocycles. The lowest BCUT2D eigenvalue weighted by molar-refractivity contribution is 0.406. The molecule has 0 unspecified atom stereocenters. The van der Waals surface area contributed by atoms with Crippen LogP contribution in [-0.4, -0.2) is 15.5 Å². The Kier molecular flexibility index (Phi) is 4.85. The molecule has 0 aromatic heterocycles. The van der Waals surface area contributed by atoms with E-state index >= 15 is 0 Å². The lowest BCUT2D eigenvalue weighted by Crippen LogP contribution is -2.18. The van der Waals surface area contributed by atoms with Crippen molar-refractivity contribution in [3.8, 4) is 5.75 Å². The Morgan fingerprint density at radius 1 is 0.957 bits per heavy atom. The average molecular weight is 414 g/mol. The van der Waals surface area contributed by atoms with E-state index in [1.165, 1.54) is 31.4 Å². The van der Waals surface area contributed by atoms with Gasteiger partial charge in [0, 0.05) is 5.69 Å². The van der Waals surface area contributed by atoms with Crippen molar-refractivity contribution in [2.45, 2.75) is 4.90 Å². The van der Waals surface area contributed by atoms with E-state index in [0.717, 1.165) is 0 Å². The summed E-state index contributed by atoms with van der Waals surface area (Å²) in [6.07, 6.45) is 0. The van der Waals surface area contributed by atoms with Crippen molar-refractivity contribution >= 4 is 31.6 Å². The summed E-state index contributed by atoms with van der Waals surface area (Å²) in [4.78, 5) is -1.63. The highest BCUT2D eigenvalue weighted by atomic mass is 79.9. The van der Waals surface area contributed by atoms with Gasteiger partial charge in [0.2, 0.25) is 0 Å². The number of nitrogens with one attached hydrogen (secondary N) is 1. The second kappa shape index (κ2) is 6.36. The highest BCUT2D eigenvalue weighted by Crippen LogP contribution is 2.32. The normalized spacial score (nSPS) is 11.4. The highest BCUT2D eigenvalue weighted by molar-refractivity contribution is 9.10. The molecule has 23 heavy (non-hydrogen) atoms. The molecule has 4 nitrogen and oxygen atoms in total. The summed E-state index contributed by atoms with van der Waals surface area (Å²) < 4.78 is 83.9. The van der Waals surface area contributed by atoms with Crippen LogP contribution in [0.5, 0.6) is 5.75 Å². The maximum absolute atomic E-state index is 13.9. The quantitative estimate of drug-likeness (QED) is 0.471. The molecule has 0 heterocycles. The van der Waals surface area contributed by atoms with Crippen LogP contribution in [0.2, 0.25) is 0 Å². The van der Waals surface area contributed by atoms with Gasteiger partial charge in [-0.25, -0.2) is 26.0 Å². The SMILES string of the molecule is COc1ccc(NS(=O)(=O)c2c(F)c(F)c(F)c(Br)c2F)cc1. The number of ether oxygens (including phenoxy) is 1. The Balaban J connectivity index is 2.51. The molecule has 2 rings (SSSR count). The Hall–Kier alpha value is -1.81. The van der Waals surface area contributed by atoms with Gasteiger partial charge in [-0.1, -0.05) is 0 Å². The van der Waals surface area contributed by atoms with Crippen LogP contribution >= 0.6 is 15.9 Å². The number of rotatable bonds is 4. The third-order valence-electron chi connectivity index (χ3n) is 2.78. The van der Waals surface area contributed by atoms with E-state index in [4.69, 9.17) is 4.74 Å². The first-order chi connectivity index (χ1) is 10.7. The fraction of sp³-hybridized carbons (Fsp3) is 0.0769. The minimum atomic E-state index is -4.83. The zero-order chi connectivity index (χ0) is 17.4. The molecule has 0 radical (unpaired) electrons. The fourth-order valence-electron chi connectivity index (χ4n) is 1.69. The molecule has 10 heteroatoms. The van der Waals surface area contributed by atoms with E-state index in [-0.39, 0.29) is 5.69 Å². The monoisotopic (exact) mass is 413 g/mol. The number of hydrogen-bond donors (Lipinski definition) is 1. The van der Waals surface area contributed by atoms with E-state index in [2.05, 4.69) is 15.9 Å². The van der Waals surface area contributed by atoms with Crippen molar-refractivity contribution in [2.24, 2.45) is 0 Å². The summed E-state index contributed by atoms with van der Waals surface area (Å²) in [5, 5.41) is 0. The Morgan fingerprint density at radius 3 is 2.04 bits per heavy atom. The van der Waals surface area contributed by atoms with Gasteiger partial charge in [-0.3, -0.25) is 4.72 Å². The molecule has 0 spiro atoms. The summed E-state index contributed by atoms with van der Waals surface area (Å²) in [5.74, 6) is -7.47. The molecule has 0 bridgehead atoms. The summed E-state index contributed by atoms with van der Waals surface area (Å²) in [6, 6.07) is 5.32. The molecule has 0 amide bonds. The van der Waals surface area contributed by atoms with Gasteiger partial charge in [0.05, 0.1) is 11.6 Å². The molecular weight excluding hydrogens is 406 g/mol. The standard InChI is InChI=1S/C13H8BrF4NO3S/c1-22-7-4-2-6(3-5-7)19-23(20,21)13-10(16)8(14)9(15)11(17)12(13)18/h2-5,19H,1H3. The molecule has 0 aliphatic rings. The smallest absolute Gasteiger partial charge is 0.267 e. The van der Waals surface area contributed by atoms with E-state index in [1.54, 1.807) is 0 Å². The Bertz CT molecular complexity index is 828. The number of methoxy groups -OCH3 is 1. The van der Waals surface area contributed by atoms with Crippen molar-refractivity contribution < 1.29 is 30.7 Å². The lowest BCUT2D eigenvalue weighted by atomic mass is 10.3. The average Bonchev–Trinajstić information content (AvgIpc) is 2.51. The molecule has 0 aliphatic heterocycles. The third-order valence-corrected chi connectivity index (χ3v) is 4.88. The third kappa shape index (κ3) is 3.27. The van der Waals surface area contributed by atoms with E-state index in [1.807, 2.05) is 4.72 Å². The maximum Gasteiger partial charge on any atom is 0.267 e. The predicted molar refractivity (Wildman–Crippen MR) is 77.8 cm³/mol. The topological polar surface area (TPSA) is 55.4 Å². The first-order valence-corrected chi connectivity index (χ1v) is 8.15. The molecule has 1 N–H and O–H groups in total. The number of hydrogen-bond acceptors (Lipinski definition) is 3. The number of sulfonamides is 1. The van der Waals surface area contributed by atoms with Crippen molar-refractivity contribution in [3.63, 3.8) is 0 Å². The molecule has 0 fully saturated rings. The van der Waals surface area contributed by atoms with Gasteiger partial charge in [-0.05, 0) is 40.2 Å². The minimum absolute atomic E-state index is 0.0505. The summed E-state index contributed by atoms with van der Waals surface area (Å²) in [7, 11) is -3.44. The molecule has 2 aromatic carbocycles. The van der Waals surface area contributed by atoms with Crippen LogP contribution < -0.4 is 9.46 Å². The van der Waals surface area contributed by atoms with Gasteiger partial charge in [-0.2, -0.15) is 0 Å². The number of benzene rings is 2. The van der Waals surface area contributed by atoms with Crippen molar-refractivity contribution in [3.05, 3.63) is 52.0 Å². The van der Waals surface area contributed by atoms with Crippen LogP contribution in [0.3, 0.4) is 0 Å². The van der Waals surface area contributed by atoms with Gasteiger partial charge >= 0.3 is 0 Å². The minimum Gasteiger partial charge on any atom is -0.497 e. The maximum atomic E-state index is 13.9. The van der Waals surface area contributed by atoms with Gasteiger partial charge in [0.25, 0.3) is 10.0 Å². The highest BCUT2D eigenvalue weighted by Gasteiger charge is 2.32. The molecular formula is C13H8BrF4NO3S. The largest absolute Gasteiger partial charge is 0.497 e. The van der Waals surface area contributed by atoms with Crippen molar-refractivity contribution in [1.82, 2.24) is 0 Å². The zero-order valence-corrected chi connectivity index (χ0v) is 13.7. The van der Waals surface area contributed by atoms with Crippen LogP contribution in [0.25, 0.3) is 0 Å². The molecule has 124 valence electrons. The first kappa shape index (κ1) is 17.5. The van der Waals surface area contributed by atoms with Crippen molar-refractivity contribution in [2.75, 3.05) is 11.8 Å². The molecule has 0 aliphatic carbocycles. The number of halogens is 5. The van der Waals surface area contributed by atoms with Gasteiger partial charge in [0.15, 0.2) is 28.2 Å². The molecule has 0 atom stereocenters. The summed E-state index contributed by atoms with van der Waals surface area (Å²) in [5.41, 5.74) is -0.0505. The lowest BCUT2D eigenvalue weighted by Gasteiger charge is -2.12. The predicted octanol–water partition coefficient (Wildman–Crippen LogP) is 3.81. The number of anilines is 1. The summed E-state index contributed by atoms with van der Waals surface area (Å²) >= 11 is 2.35. The van der Waals surface area contributed by atoms with E-state index in [0.29, 0.717) is 5.75 Å². The van der Waals surface area contributed by atoms with E-state index < -0.39 is 42.7 Å². The van der Waals surface area contributed by atoms with Crippen molar-refractivity contribution in [1.29, 1.82) is 0 Å². The second-order valence-electron chi connectivity index (χ2n) is 4.23. The van der Waals surface area contributed by atoms with Crippen LogP contribution in [0, 0.1) is 23.3 Å². The van der Waals surface area contributed by atoms with Gasteiger partial charge < -0.3 is 4.74 Å². The van der Waals surface area contributed by atoms with Crippen LogP contribution in [0.15, 0.2) is 33.6 Å². The van der Waals surface area contributed by atoms with E-state index in [9.17, 15) is 26.0 Å². The van der Waals surface area contributed by atoms with Gasteiger partial charge in [0.1, 0.15) is 5.75 Å². The van der Waals surface area contributed by atoms with Crippen LogP contribution in [-0.2, 0) is 10.0 Å². The molecule has 0 saturated heterocycles. The van der Waals surface area contributed by atoms with Crippen LogP contribution in [0.4, 0.5) is 23.2 Å².